The molecule has 7 heteroatoms. The van der Waals surface area contributed by atoms with Gasteiger partial charge in [-0.15, -0.1) is 0 Å². The maximum absolute atomic E-state index is 14.5. The Balaban J connectivity index is 1.74. The standard InChI is InChI=1S/C30H25BrN4O2/c31-25-19-26-28(32-20-25)35(29(37)34(26)21-27(36)33-17-10-18-33)30(22-11-4-1-5-12-22,23-13-6-2-7-14-23)24-15-8-3-9-16-24/h1-9,11-16,19-20H,10,17-18,21H2. The molecule has 1 fully saturated rings. The van der Waals surface area contributed by atoms with Crippen LogP contribution in [0.3, 0.4) is 0 Å². The molecule has 0 atom stereocenters. The molecule has 1 aliphatic heterocycles. The molecular formula is C30H25BrN4O2. The summed E-state index contributed by atoms with van der Waals surface area (Å²) in [4.78, 5) is 34.2. The lowest BCUT2D eigenvalue weighted by atomic mass is 9.76. The molecule has 3 heterocycles. The number of aromatic nitrogens is 3. The fourth-order valence-electron chi connectivity index (χ4n) is 5.29. The van der Waals surface area contributed by atoms with Crippen molar-refractivity contribution < 1.29 is 4.79 Å². The number of carbonyl (C=O) groups is 1. The molecule has 1 aliphatic rings. The average Bonchev–Trinajstić information content (AvgIpc) is 3.16. The molecule has 6 nitrogen and oxygen atoms in total. The lowest BCUT2D eigenvalue weighted by Gasteiger charge is -2.37. The number of hydrogen-bond acceptors (Lipinski definition) is 3. The fraction of sp³-hybridized carbons (Fsp3) is 0.167. The van der Waals surface area contributed by atoms with Gasteiger partial charge in [0.2, 0.25) is 5.91 Å². The molecule has 0 N–H and O–H groups in total. The summed E-state index contributed by atoms with van der Waals surface area (Å²) in [6, 6.07) is 31.9. The van der Waals surface area contributed by atoms with E-state index in [-0.39, 0.29) is 18.1 Å². The summed E-state index contributed by atoms with van der Waals surface area (Å²) in [5, 5.41) is 0. The lowest BCUT2D eigenvalue weighted by Crippen LogP contribution is -2.47. The van der Waals surface area contributed by atoms with E-state index < -0.39 is 5.54 Å². The Morgan fingerprint density at radius 2 is 1.35 bits per heavy atom. The molecule has 1 saturated heterocycles. The van der Waals surface area contributed by atoms with E-state index in [1.165, 1.54) is 0 Å². The van der Waals surface area contributed by atoms with Crippen molar-refractivity contribution in [2.24, 2.45) is 0 Å². The van der Waals surface area contributed by atoms with Gasteiger partial charge in [0.1, 0.15) is 12.1 Å². The van der Waals surface area contributed by atoms with Crippen LogP contribution in [0.15, 0.2) is 113 Å². The first-order valence-corrected chi connectivity index (χ1v) is 13.1. The molecule has 0 bridgehead atoms. The SMILES string of the molecule is O=C(Cn1c(=O)n(C(c2ccccc2)(c2ccccc2)c2ccccc2)c2ncc(Br)cc21)N1CCC1. The fourth-order valence-corrected chi connectivity index (χ4v) is 5.61. The molecule has 0 spiro atoms. The summed E-state index contributed by atoms with van der Waals surface area (Å²) in [6.45, 7) is 1.43. The number of fused-ring (bicyclic) bond motifs is 1. The van der Waals surface area contributed by atoms with Gasteiger partial charge in [-0.25, -0.2) is 9.78 Å². The van der Waals surface area contributed by atoms with E-state index in [0.717, 1.165) is 40.7 Å². The summed E-state index contributed by atoms with van der Waals surface area (Å²) < 4.78 is 4.07. The van der Waals surface area contributed by atoms with Crippen molar-refractivity contribution >= 4 is 33.0 Å². The molecule has 184 valence electrons. The molecule has 0 unspecified atom stereocenters. The number of halogens is 1. The Morgan fingerprint density at radius 1 is 0.838 bits per heavy atom. The van der Waals surface area contributed by atoms with Crippen LogP contribution in [-0.2, 0) is 16.9 Å². The number of imidazole rings is 1. The minimum absolute atomic E-state index is 0.0328. The van der Waals surface area contributed by atoms with E-state index >= 15 is 0 Å². The van der Waals surface area contributed by atoms with Crippen molar-refractivity contribution in [3.63, 3.8) is 0 Å². The van der Waals surface area contributed by atoms with Crippen LogP contribution < -0.4 is 5.69 Å². The molecule has 2 aromatic heterocycles. The van der Waals surface area contributed by atoms with Crippen molar-refractivity contribution in [1.82, 2.24) is 19.0 Å². The molecule has 1 amide bonds. The Morgan fingerprint density at radius 3 is 1.81 bits per heavy atom. The summed E-state index contributed by atoms with van der Waals surface area (Å²) >= 11 is 3.52. The van der Waals surface area contributed by atoms with Crippen LogP contribution in [0, 0.1) is 0 Å². The molecule has 5 aromatic rings. The predicted molar refractivity (Wildman–Crippen MR) is 147 cm³/mol. The van der Waals surface area contributed by atoms with Crippen LogP contribution >= 0.6 is 15.9 Å². The summed E-state index contributed by atoms with van der Waals surface area (Å²) in [5.74, 6) is -0.0582. The van der Waals surface area contributed by atoms with Gasteiger partial charge in [-0.1, -0.05) is 91.0 Å². The van der Waals surface area contributed by atoms with Gasteiger partial charge in [0.25, 0.3) is 0 Å². The topological polar surface area (TPSA) is 60.1 Å². The molecule has 0 radical (unpaired) electrons. The zero-order valence-corrected chi connectivity index (χ0v) is 21.7. The van der Waals surface area contributed by atoms with Crippen LogP contribution in [-0.4, -0.2) is 38.0 Å². The average molecular weight is 553 g/mol. The third-order valence-corrected chi connectivity index (χ3v) is 7.58. The highest BCUT2D eigenvalue weighted by molar-refractivity contribution is 9.10. The zero-order chi connectivity index (χ0) is 25.4. The Kier molecular flexibility index (Phi) is 6.00. The first-order chi connectivity index (χ1) is 18.1. The van der Waals surface area contributed by atoms with Crippen LogP contribution in [0.25, 0.3) is 11.2 Å². The van der Waals surface area contributed by atoms with Gasteiger partial charge in [-0.2, -0.15) is 0 Å². The van der Waals surface area contributed by atoms with Crippen LogP contribution in [0.2, 0.25) is 0 Å². The van der Waals surface area contributed by atoms with E-state index in [1.807, 2.05) is 97.1 Å². The molecule has 6 rings (SSSR count). The maximum Gasteiger partial charge on any atom is 0.332 e. The van der Waals surface area contributed by atoms with E-state index in [9.17, 15) is 9.59 Å². The normalized spacial score (nSPS) is 13.5. The second kappa shape index (κ2) is 9.48. The highest BCUT2D eigenvalue weighted by Gasteiger charge is 2.42. The lowest BCUT2D eigenvalue weighted by molar-refractivity contribution is -0.135. The quantitative estimate of drug-likeness (QED) is 0.277. The van der Waals surface area contributed by atoms with Crippen molar-refractivity contribution in [2.45, 2.75) is 18.5 Å². The number of nitrogens with zero attached hydrogens (tertiary/aromatic N) is 4. The van der Waals surface area contributed by atoms with Crippen LogP contribution in [0.1, 0.15) is 23.1 Å². The molecule has 0 saturated carbocycles. The predicted octanol–water partition coefficient (Wildman–Crippen LogP) is 5.03. The second-order valence-electron chi connectivity index (χ2n) is 9.24. The number of likely N-dealkylation sites (tertiary alicyclic amines) is 1. The summed E-state index contributed by atoms with van der Waals surface area (Å²) in [5.41, 5.74) is 2.59. The number of rotatable bonds is 6. The number of amides is 1. The van der Waals surface area contributed by atoms with Gasteiger partial charge >= 0.3 is 5.69 Å². The van der Waals surface area contributed by atoms with E-state index in [1.54, 1.807) is 20.2 Å². The van der Waals surface area contributed by atoms with Gasteiger partial charge < -0.3 is 4.90 Å². The van der Waals surface area contributed by atoms with Gasteiger partial charge in [0, 0.05) is 23.8 Å². The minimum atomic E-state index is -1.02. The number of carbonyl (C=O) groups excluding carboxylic acids is 1. The molecule has 37 heavy (non-hydrogen) atoms. The summed E-state index contributed by atoms with van der Waals surface area (Å²) in [7, 11) is 0. The van der Waals surface area contributed by atoms with E-state index in [0.29, 0.717) is 11.2 Å². The summed E-state index contributed by atoms with van der Waals surface area (Å²) in [6.07, 6.45) is 2.69. The van der Waals surface area contributed by atoms with Crippen molar-refractivity contribution in [1.29, 1.82) is 0 Å². The van der Waals surface area contributed by atoms with Crippen molar-refractivity contribution in [3.05, 3.63) is 135 Å². The minimum Gasteiger partial charge on any atom is -0.341 e. The Labute approximate surface area is 222 Å². The van der Waals surface area contributed by atoms with Gasteiger partial charge in [-0.05, 0) is 45.1 Å². The second-order valence-corrected chi connectivity index (χ2v) is 10.2. The molecule has 3 aromatic carbocycles. The first kappa shape index (κ1) is 23.4. The van der Waals surface area contributed by atoms with Crippen molar-refractivity contribution in [2.75, 3.05) is 13.1 Å². The van der Waals surface area contributed by atoms with E-state index in [4.69, 9.17) is 4.98 Å². The maximum atomic E-state index is 14.5. The first-order valence-electron chi connectivity index (χ1n) is 12.3. The zero-order valence-electron chi connectivity index (χ0n) is 20.1. The van der Waals surface area contributed by atoms with Crippen molar-refractivity contribution in [3.8, 4) is 0 Å². The molecule has 0 aliphatic carbocycles. The van der Waals surface area contributed by atoms with Gasteiger partial charge in [-0.3, -0.25) is 13.9 Å². The van der Waals surface area contributed by atoms with Crippen LogP contribution in [0.5, 0.6) is 0 Å². The number of benzene rings is 3. The smallest absolute Gasteiger partial charge is 0.332 e. The van der Waals surface area contributed by atoms with Crippen LogP contribution in [0.4, 0.5) is 0 Å². The van der Waals surface area contributed by atoms with Gasteiger partial charge in [0.15, 0.2) is 5.65 Å². The third-order valence-electron chi connectivity index (χ3n) is 7.15. The van der Waals surface area contributed by atoms with Gasteiger partial charge in [0.05, 0.1) is 5.52 Å². The number of hydrogen-bond donors (Lipinski definition) is 0. The largest absolute Gasteiger partial charge is 0.341 e. The van der Waals surface area contributed by atoms with E-state index in [2.05, 4.69) is 15.9 Å². The monoisotopic (exact) mass is 552 g/mol. The third kappa shape index (κ3) is 3.81. The molecular weight excluding hydrogens is 528 g/mol. The Hall–Kier alpha value is -3.97. The number of pyridine rings is 1. The highest BCUT2D eigenvalue weighted by Crippen LogP contribution is 2.41. The highest BCUT2D eigenvalue weighted by atomic mass is 79.9. The Bertz CT molecular complexity index is 1530.